The van der Waals surface area contributed by atoms with Crippen LogP contribution in [0.1, 0.15) is 25.5 Å². The third kappa shape index (κ3) is 3.26. The molecule has 0 radical (unpaired) electrons. The summed E-state index contributed by atoms with van der Waals surface area (Å²) in [5.74, 6) is 2.14. The summed E-state index contributed by atoms with van der Waals surface area (Å²) in [5, 5.41) is 4.30. The highest BCUT2D eigenvalue weighted by Crippen LogP contribution is 2.24. The molecule has 6 nitrogen and oxygen atoms in total. The smallest absolute Gasteiger partial charge is 0.254 e. The molecule has 0 unspecified atom stereocenters. The van der Waals surface area contributed by atoms with Crippen molar-refractivity contribution in [2.75, 3.05) is 18.0 Å². The van der Waals surface area contributed by atoms with E-state index in [0.717, 1.165) is 49.6 Å². The lowest BCUT2D eigenvalue weighted by molar-refractivity contribution is 0.170. The lowest BCUT2D eigenvalue weighted by Gasteiger charge is -2.33. The Kier molecular flexibility index (Phi) is 4.21. The van der Waals surface area contributed by atoms with E-state index in [1.165, 1.54) is 18.5 Å². The van der Waals surface area contributed by atoms with Crippen LogP contribution in [0.25, 0.3) is 5.78 Å². The minimum atomic E-state index is -0.247. The summed E-state index contributed by atoms with van der Waals surface area (Å²) in [6.45, 7) is 3.82. The van der Waals surface area contributed by atoms with Crippen molar-refractivity contribution in [1.29, 1.82) is 0 Å². The molecule has 0 aliphatic carbocycles. The molecule has 130 valence electrons. The molecule has 3 aromatic rings. The molecule has 25 heavy (non-hydrogen) atoms. The second-order valence-electron chi connectivity index (χ2n) is 6.19. The molecule has 0 spiro atoms. The standard InChI is InChI=1S/C18H20FN5O/c1-2-14-11-17(24-18(22-14)20-12-21-24)23-9-7-16(8-10-23)25-15-5-3-13(19)4-6-15/h3-6,11-12,16H,2,7-10H2,1H3. The van der Waals surface area contributed by atoms with Crippen molar-refractivity contribution in [2.24, 2.45) is 0 Å². The molecule has 1 aromatic carbocycles. The number of piperidine rings is 1. The summed E-state index contributed by atoms with van der Waals surface area (Å²) in [7, 11) is 0. The van der Waals surface area contributed by atoms with Gasteiger partial charge in [-0.15, -0.1) is 0 Å². The van der Waals surface area contributed by atoms with Gasteiger partial charge in [-0.2, -0.15) is 14.6 Å². The first-order valence-electron chi connectivity index (χ1n) is 8.60. The Morgan fingerprint density at radius 3 is 2.68 bits per heavy atom. The highest BCUT2D eigenvalue weighted by Gasteiger charge is 2.23. The first-order valence-corrected chi connectivity index (χ1v) is 8.60. The Bertz CT molecular complexity index is 856. The third-order valence-corrected chi connectivity index (χ3v) is 4.53. The van der Waals surface area contributed by atoms with Crippen molar-refractivity contribution in [3.05, 3.63) is 48.2 Å². The summed E-state index contributed by atoms with van der Waals surface area (Å²) < 4.78 is 20.7. The number of hydrogen-bond donors (Lipinski definition) is 0. The Morgan fingerprint density at radius 1 is 1.20 bits per heavy atom. The minimum Gasteiger partial charge on any atom is -0.490 e. The van der Waals surface area contributed by atoms with Gasteiger partial charge in [0.05, 0.1) is 0 Å². The fraction of sp³-hybridized carbons (Fsp3) is 0.389. The van der Waals surface area contributed by atoms with Gasteiger partial charge >= 0.3 is 0 Å². The largest absolute Gasteiger partial charge is 0.490 e. The summed E-state index contributed by atoms with van der Waals surface area (Å²) in [6.07, 6.45) is 4.34. The van der Waals surface area contributed by atoms with Crippen LogP contribution < -0.4 is 9.64 Å². The van der Waals surface area contributed by atoms with Gasteiger partial charge in [0, 0.05) is 37.7 Å². The number of aromatic nitrogens is 4. The zero-order chi connectivity index (χ0) is 17.2. The predicted molar refractivity (Wildman–Crippen MR) is 92.4 cm³/mol. The van der Waals surface area contributed by atoms with E-state index in [4.69, 9.17) is 4.74 Å². The summed E-state index contributed by atoms with van der Waals surface area (Å²) in [5.41, 5.74) is 1.01. The quantitative estimate of drug-likeness (QED) is 0.730. The molecular formula is C18H20FN5O. The summed E-state index contributed by atoms with van der Waals surface area (Å²) in [4.78, 5) is 11.0. The maximum atomic E-state index is 13.0. The van der Waals surface area contributed by atoms with Crippen LogP contribution in [0, 0.1) is 5.82 Å². The average molecular weight is 341 g/mol. The molecular weight excluding hydrogens is 321 g/mol. The molecule has 1 aliphatic heterocycles. The van der Waals surface area contributed by atoms with Crippen molar-refractivity contribution in [3.8, 4) is 5.75 Å². The number of anilines is 1. The molecule has 7 heteroatoms. The topological polar surface area (TPSA) is 55.6 Å². The maximum Gasteiger partial charge on any atom is 0.254 e. The SMILES string of the molecule is CCc1cc(N2CCC(Oc3ccc(F)cc3)CC2)n2ncnc2n1. The molecule has 1 fully saturated rings. The van der Waals surface area contributed by atoms with Crippen LogP contribution in [-0.2, 0) is 6.42 Å². The number of benzene rings is 1. The van der Waals surface area contributed by atoms with E-state index in [9.17, 15) is 4.39 Å². The third-order valence-electron chi connectivity index (χ3n) is 4.53. The highest BCUT2D eigenvalue weighted by atomic mass is 19.1. The lowest BCUT2D eigenvalue weighted by Crippen LogP contribution is -2.39. The van der Waals surface area contributed by atoms with Gasteiger partial charge in [0.2, 0.25) is 0 Å². The number of aryl methyl sites for hydroxylation is 1. The molecule has 1 saturated heterocycles. The molecule has 4 rings (SSSR count). The van der Waals surface area contributed by atoms with E-state index >= 15 is 0 Å². The van der Waals surface area contributed by atoms with E-state index in [-0.39, 0.29) is 11.9 Å². The molecule has 0 bridgehead atoms. The average Bonchev–Trinajstić information content (AvgIpc) is 3.12. The van der Waals surface area contributed by atoms with Crippen LogP contribution in [0.3, 0.4) is 0 Å². The molecule has 2 aromatic heterocycles. The van der Waals surface area contributed by atoms with Crippen LogP contribution in [0.5, 0.6) is 5.75 Å². The Labute approximate surface area is 145 Å². The molecule has 0 N–H and O–H groups in total. The predicted octanol–water partition coefficient (Wildman–Crippen LogP) is 2.87. The van der Waals surface area contributed by atoms with E-state index in [1.807, 2.05) is 0 Å². The van der Waals surface area contributed by atoms with Crippen molar-refractivity contribution >= 4 is 11.6 Å². The lowest BCUT2D eigenvalue weighted by atomic mass is 10.1. The minimum absolute atomic E-state index is 0.139. The van der Waals surface area contributed by atoms with E-state index in [2.05, 4.69) is 33.0 Å². The van der Waals surface area contributed by atoms with Crippen molar-refractivity contribution in [1.82, 2.24) is 19.6 Å². The van der Waals surface area contributed by atoms with Gasteiger partial charge in [-0.3, -0.25) is 0 Å². The van der Waals surface area contributed by atoms with Gasteiger partial charge in [-0.1, -0.05) is 6.92 Å². The number of rotatable bonds is 4. The number of ether oxygens (including phenoxy) is 1. The zero-order valence-corrected chi connectivity index (χ0v) is 14.1. The second kappa shape index (κ2) is 6.66. The molecule has 1 aliphatic rings. The van der Waals surface area contributed by atoms with Gasteiger partial charge < -0.3 is 9.64 Å². The molecule has 3 heterocycles. The van der Waals surface area contributed by atoms with Gasteiger partial charge in [0.25, 0.3) is 5.78 Å². The highest BCUT2D eigenvalue weighted by molar-refractivity contribution is 5.47. The van der Waals surface area contributed by atoms with Crippen LogP contribution in [0.2, 0.25) is 0 Å². The molecule has 0 atom stereocenters. The summed E-state index contributed by atoms with van der Waals surface area (Å²) in [6, 6.07) is 8.29. The van der Waals surface area contributed by atoms with Crippen molar-refractivity contribution < 1.29 is 9.13 Å². The normalized spacial score (nSPS) is 15.7. The molecule has 0 amide bonds. The Morgan fingerprint density at radius 2 is 1.96 bits per heavy atom. The Balaban J connectivity index is 1.46. The number of nitrogens with zero attached hydrogens (tertiary/aromatic N) is 5. The monoisotopic (exact) mass is 341 g/mol. The first kappa shape index (κ1) is 15.8. The van der Waals surface area contributed by atoms with Crippen LogP contribution in [0.4, 0.5) is 10.2 Å². The van der Waals surface area contributed by atoms with Gasteiger partial charge in [-0.05, 0) is 30.7 Å². The number of hydrogen-bond acceptors (Lipinski definition) is 5. The Hall–Kier alpha value is -2.70. The van der Waals surface area contributed by atoms with Gasteiger partial charge in [-0.25, -0.2) is 9.37 Å². The summed E-state index contributed by atoms with van der Waals surface area (Å²) >= 11 is 0. The van der Waals surface area contributed by atoms with E-state index in [0.29, 0.717) is 5.78 Å². The van der Waals surface area contributed by atoms with Crippen molar-refractivity contribution in [2.45, 2.75) is 32.3 Å². The fourth-order valence-corrected chi connectivity index (χ4v) is 3.16. The van der Waals surface area contributed by atoms with Crippen LogP contribution in [-0.4, -0.2) is 38.8 Å². The number of halogens is 1. The fourth-order valence-electron chi connectivity index (χ4n) is 3.16. The molecule has 0 saturated carbocycles. The van der Waals surface area contributed by atoms with Crippen LogP contribution >= 0.6 is 0 Å². The van der Waals surface area contributed by atoms with Gasteiger partial charge in [0.1, 0.15) is 29.8 Å². The zero-order valence-electron chi connectivity index (χ0n) is 14.1. The first-order chi connectivity index (χ1) is 12.2. The van der Waals surface area contributed by atoms with E-state index < -0.39 is 0 Å². The second-order valence-corrected chi connectivity index (χ2v) is 6.19. The maximum absolute atomic E-state index is 13.0. The van der Waals surface area contributed by atoms with E-state index in [1.54, 1.807) is 16.6 Å². The van der Waals surface area contributed by atoms with Gasteiger partial charge in [0.15, 0.2) is 0 Å². The van der Waals surface area contributed by atoms with Crippen molar-refractivity contribution in [3.63, 3.8) is 0 Å². The van der Waals surface area contributed by atoms with Crippen LogP contribution in [0.15, 0.2) is 36.7 Å². The number of fused-ring (bicyclic) bond motifs is 1.